The average Bonchev–Trinajstić information content (AvgIpc) is 3.06. The van der Waals surface area contributed by atoms with Crippen molar-refractivity contribution in [3.63, 3.8) is 0 Å². The molecule has 2 N–H and O–H groups in total. The van der Waals surface area contributed by atoms with Crippen LogP contribution in [0.3, 0.4) is 0 Å². The molecule has 1 amide bonds. The maximum Gasteiger partial charge on any atom is 0.227 e. The zero-order chi connectivity index (χ0) is 17.1. The Morgan fingerprint density at radius 3 is 2.56 bits per heavy atom. The molecule has 1 aliphatic rings. The average molecular weight is 352 g/mol. The van der Waals surface area contributed by atoms with Crippen LogP contribution in [0.5, 0.6) is 0 Å². The number of thiazole rings is 1. The Balaban J connectivity index is 1.40. The smallest absolute Gasteiger partial charge is 0.227 e. The van der Waals surface area contributed by atoms with E-state index in [1.54, 1.807) is 6.20 Å². The van der Waals surface area contributed by atoms with Crippen LogP contribution in [0.1, 0.15) is 32.1 Å². The highest BCUT2D eigenvalue weighted by Crippen LogP contribution is 2.28. The third-order valence-corrected chi connectivity index (χ3v) is 5.44. The summed E-state index contributed by atoms with van der Waals surface area (Å²) in [5.74, 6) is 0.319. The van der Waals surface area contributed by atoms with Gasteiger partial charge in [0.05, 0.1) is 0 Å². The normalized spacial score (nSPS) is 15.2. The summed E-state index contributed by atoms with van der Waals surface area (Å²) in [5, 5.41) is 7.14. The van der Waals surface area contributed by atoms with E-state index in [1.165, 1.54) is 17.8 Å². The first-order valence-corrected chi connectivity index (χ1v) is 9.49. The molecular formula is C19H20N4OS. The second-order valence-corrected chi connectivity index (χ2v) is 7.35. The summed E-state index contributed by atoms with van der Waals surface area (Å²) in [5.41, 5.74) is 2.67. The molecule has 1 aliphatic carbocycles. The molecule has 1 saturated carbocycles. The molecule has 1 fully saturated rings. The van der Waals surface area contributed by atoms with Crippen LogP contribution in [0, 0.1) is 5.92 Å². The van der Waals surface area contributed by atoms with Gasteiger partial charge in [-0.2, -0.15) is 0 Å². The number of nitrogens with one attached hydrogen (secondary N) is 2. The Bertz CT molecular complexity index is 836. The van der Waals surface area contributed by atoms with Crippen molar-refractivity contribution in [2.24, 2.45) is 5.92 Å². The van der Waals surface area contributed by atoms with E-state index in [4.69, 9.17) is 0 Å². The Morgan fingerprint density at radius 2 is 1.80 bits per heavy atom. The first-order valence-electron chi connectivity index (χ1n) is 8.67. The topological polar surface area (TPSA) is 66.9 Å². The van der Waals surface area contributed by atoms with Crippen LogP contribution in [0.4, 0.5) is 16.5 Å². The zero-order valence-corrected chi connectivity index (χ0v) is 14.7. The number of nitrogens with zero attached hydrogens (tertiary/aromatic N) is 2. The third kappa shape index (κ3) is 3.79. The largest absolute Gasteiger partial charge is 0.331 e. The molecule has 0 bridgehead atoms. The first-order chi connectivity index (χ1) is 12.3. The van der Waals surface area contributed by atoms with Crippen molar-refractivity contribution in [1.82, 2.24) is 9.97 Å². The van der Waals surface area contributed by atoms with Crippen molar-refractivity contribution < 1.29 is 4.79 Å². The van der Waals surface area contributed by atoms with Crippen LogP contribution in [0.25, 0.3) is 10.3 Å². The monoisotopic (exact) mass is 352 g/mol. The molecule has 1 aromatic carbocycles. The molecule has 2 aromatic heterocycles. The highest BCUT2D eigenvalue weighted by Gasteiger charge is 2.20. The molecular weight excluding hydrogens is 332 g/mol. The van der Waals surface area contributed by atoms with E-state index in [2.05, 4.69) is 20.6 Å². The number of hydrogen-bond acceptors (Lipinski definition) is 5. The van der Waals surface area contributed by atoms with E-state index in [0.717, 1.165) is 52.5 Å². The molecule has 0 spiro atoms. The summed E-state index contributed by atoms with van der Waals surface area (Å²) in [4.78, 5) is 22.0. The van der Waals surface area contributed by atoms with Gasteiger partial charge < -0.3 is 10.6 Å². The van der Waals surface area contributed by atoms with Gasteiger partial charge in [0.1, 0.15) is 10.3 Å². The maximum atomic E-state index is 12.3. The van der Waals surface area contributed by atoms with Gasteiger partial charge in [0.15, 0.2) is 5.13 Å². The lowest BCUT2D eigenvalue weighted by Crippen LogP contribution is -2.24. The van der Waals surface area contributed by atoms with Gasteiger partial charge >= 0.3 is 0 Å². The van der Waals surface area contributed by atoms with E-state index < -0.39 is 0 Å². The quantitative estimate of drug-likeness (QED) is 0.697. The standard InChI is InChI=1S/C19H20N4OS/c24-17(13-5-2-1-3-6-13)21-14-8-10-15(11-9-14)22-19-23-16-7-4-12-20-18(16)25-19/h4,7-13H,1-3,5-6H2,(H,21,24)(H,22,23). The summed E-state index contributed by atoms with van der Waals surface area (Å²) in [6.45, 7) is 0. The molecule has 25 heavy (non-hydrogen) atoms. The zero-order valence-electron chi connectivity index (χ0n) is 13.9. The number of anilines is 3. The van der Waals surface area contributed by atoms with E-state index in [0.29, 0.717) is 0 Å². The molecule has 0 saturated heterocycles. The van der Waals surface area contributed by atoms with Crippen molar-refractivity contribution in [3.8, 4) is 0 Å². The molecule has 128 valence electrons. The van der Waals surface area contributed by atoms with Crippen molar-refractivity contribution in [2.75, 3.05) is 10.6 Å². The Hall–Kier alpha value is -2.47. The number of carbonyl (C=O) groups is 1. The Labute approximate surface area is 150 Å². The number of amides is 1. The number of benzene rings is 1. The molecule has 4 rings (SSSR count). The number of fused-ring (bicyclic) bond motifs is 1. The van der Waals surface area contributed by atoms with E-state index in [-0.39, 0.29) is 11.8 Å². The van der Waals surface area contributed by atoms with Crippen LogP contribution < -0.4 is 10.6 Å². The van der Waals surface area contributed by atoms with Crippen LogP contribution in [-0.4, -0.2) is 15.9 Å². The molecule has 2 heterocycles. The minimum atomic E-state index is 0.151. The van der Waals surface area contributed by atoms with Gasteiger partial charge in [-0.15, -0.1) is 0 Å². The minimum absolute atomic E-state index is 0.151. The second kappa shape index (κ2) is 7.19. The van der Waals surface area contributed by atoms with Crippen molar-refractivity contribution in [3.05, 3.63) is 42.6 Å². The lowest BCUT2D eigenvalue weighted by molar-refractivity contribution is -0.120. The predicted octanol–water partition coefficient (Wildman–Crippen LogP) is 4.95. The lowest BCUT2D eigenvalue weighted by Gasteiger charge is -2.20. The van der Waals surface area contributed by atoms with Gasteiger partial charge in [0, 0.05) is 23.5 Å². The molecule has 0 radical (unpaired) electrons. The molecule has 0 aliphatic heterocycles. The highest BCUT2D eigenvalue weighted by atomic mass is 32.1. The Morgan fingerprint density at radius 1 is 1.04 bits per heavy atom. The van der Waals surface area contributed by atoms with Crippen molar-refractivity contribution in [2.45, 2.75) is 32.1 Å². The van der Waals surface area contributed by atoms with Gasteiger partial charge in [-0.1, -0.05) is 30.6 Å². The number of aromatic nitrogens is 2. The van der Waals surface area contributed by atoms with Crippen LogP contribution in [0.2, 0.25) is 0 Å². The maximum absolute atomic E-state index is 12.3. The van der Waals surface area contributed by atoms with E-state index in [1.807, 2.05) is 36.4 Å². The number of carbonyl (C=O) groups excluding carboxylic acids is 1. The molecule has 5 nitrogen and oxygen atoms in total. The van der Waals surface area contributed by atoms with Gasteiger partial charge in [0.25, 0.3) is 0 Å². The number of pyridine rings is 1. The third-order valence-electron chi connectivity index (χ3n) is 4.55. The summed E-state index contributed by atoms with van der Waals surface area (Å²) in [6, 6.07) is 11.6. The molecule has 0 atom stereocenters. The summed E-state index contributed by atoms with van der Waals surface area (Å²) in [6.07, 6.45) is 7.38. The van der Waals surface area contributed by atoms with Gasteiger partial charge in [-0.05, 0) is 49.2 Å². The van der Waals surface area contributed by atoms with E-state index in [9.17, 15) is 4.79 Å². The molecule has 6 heteroatoms. The SMILES string of the molecule is O=C(Nc1ccc(Nc2nc3cccnc3s2)cc1)C1CCCCC1. The molecule has 3 aromatic rings. The van der Waals surface area contributed by atoms with Gasteiger partial charge in [0.2, 0.25) is 5.91 Å². The lowest BCUT2D eigenvalue weighted by atomic mass is 9.88. The molecule has 0 unspecified atom stereocenters. The van der Waals surface area contributed by atoms with Crippen molar-refractivity contribution in [1.29, 1.82) is 0 Å². The van der Waals surface area contributed by atoms with Crippen LogP contribution >= 0.6 is 11.3 Å². The fourth-order valence-electron chi connectivity index (χ4n) is 3.19. The van der Waals surface area contributed by atoms with Gasteiger partial charge in [-0.25, -0.2) is 9.97 Å². The van der Waals surface area contributed by atoms with Crippen LogP contribution in [-0.2, 0) is 4.79 Å². The number of rotatable bonds is 4. The highest BCUT2D eigenvalue weighted by molar-refractivity contribution is 7.21. The fraction of sp³-hybridized carbons (Fsp3) is 0.316. The van der Waals surface area contributed by atoms with E-state index >= 15 is 0 Å². The minimum Gasteiger partial charge on any atom is -0.331 e. The predicted molar refractivity (Wildman–Crippen MR) is 102 cm³/mol. The Kier molecular flexibility index (Phi) is 4.61. The summed E-state index contributed by atoms with van der Waals surface area (Å²) >= 11 is 1.52. The second-order valence-electron chi connectivity index (χ2n) is 6.37. The fourth-order valence-corrected chi connectivity index (χ4v) is 4.02. The van der Waals surface area contributed by atoms with Crippen LogP contribution in [0.15, 0.2) is 42.6 Å². The summed E-state index contributed by atoms with van der Waals surface area (Å²) in [7, 11) is 0. The van der Waals surface area contributed by atoms with Crippen molar-refractivity contribution >= 4 is 44.1 Å². The van der Waals surface area contributed by atoms with Gasteiger partial charge in [-0.3, -0.25) is 4.79 Å². The summed E-state index contributed by atoms with van der Waals surface area (Å²) < 4.78 is 0. The first kappa shape index (κ1) is 16.0. The number of hydrogen-bond donors (Lipinski definition) is 2.